The van der Waals surface area contributed by atoms with Crippen molar-refractivity contribution in [2.75, 3.05) is 6.54 Å². The number of aliphatic hydroxyl groups is 1. The van der Waals surface area contributed by atoms with Gasteiger partial charge in [0.2, 0.25) is 0 Å². The van der Waals surface area contributed by atoms with Gasteiger partial charge in [-0.2, -0.15) is 0 Å². The second kappa shape index (κ2) is 5.65. The summed E-state index contributed by atoms with van der Waals surface area (Å²) in [6.45, 7) is 0.197. The van der Waals surface area contributed by atoms with Crippen LogP contribution in [-0.2, 0) is 0 Å². The van der Waals surface area contributed by atoms with Crippen molar-refractivity contribution in [3.63, 3.8) is 0 Å². The molecule has 5 heteroatoms. The number of hydrogen-bond donors (Lipinski definition) is 2. The van der Waals surface area contributed by atoms with E-state index in [4.69, 9.17) is 10.2 Å². The molecule has 1 heterocycles. The first kappa shape index (κ1) is 13.3. The van der Waals surface area contributed by atoms with Crippen LogP contribution in [0.5, 0.6) is 0 Å². The molecule has 2 unspecified atom stereocenters. The van der Waals surface area contributed by atoms with Crippen LogP contribution >= 0.6 is 15.9 Å². The average Bonchev–Trinajstić information content (AvgIpc) is 2.77. The maximum atomic E-state index is 13.2. The molecule has 0 aliphatic heterocycles. The molecule has 18 heavy (non-hydrogen) atoms. The summed E-state index contributed by atoms with van der Waals surface area (Å²) in [5, 5.41) is 10.2. The van der Waals surface area contributed by atoms with Crippen LogP contribution in [0.4, 0.5) is 4.39 Å². The minimum Gasteiger partial charge on any atom is -0.452 e. The number of nitrogens with two attached hydrogens (primary N) is 1. The molecule has 0 aliphatic rings. The van der Waals surface area contributed by atoms with Crippen LogP contribution < -0.4 is 5.73 Å². The first-order valence-corrected chi connectivity index (χ1v) is 6.30. The van der Waals surface area contributed by atoms with Gasteiger partial charge in [0, 0.05) is 12.5 Å². The van der Waals surface area contributed by atoms with Gasteiger partial charge in [0.15, 0.2) is 4.67 Å². The Kier molecular flexibility index (Phi) is 4.16. The quantitative estimate of drug-likeness (QED) is 0.912. The predicted molar refractivity (Wildman–Crippen MR) is 69.6 cm³/mol. The highest BCUT2D eigenvalue weighted by Gasteiger charge is 2.24. The van der Waals surface area contributed by atoms with E-state index in [1.807, 2.05) is 0 Å². The largest absolute Gasteiger partial charge is 0.452 e. The molecule has 96 valence electrons. The minimum absolute atomic E-state index is 0.197. The molecule has 0 amide bonds. The zero-order valence-corrected chi connectivity index (χ0v) is 11.1. The summed E-state index contributed by atoms with van der Waals surface area (Å²) in [5.41, 5.74) is 6.31. The number of furan rings is 1. The summed E-state index contributed by atoms with van der Waals surface area (Å²) in [7, 11) is 0. The summed E-state index contributed by atoms with van der Waals surface area (Å²) in [4.78, 5) is 0. The average molecular weight is 314 g/mol. The highest BCUT2D eigenvalue weighted by molar-refractivity contribution is 9.10. The standard InChI is InChI=1S/C13H13BrFNO2/c14-12-5-4-11(18-12)13(17)10(7-16)8-2-1-3-9(15)6-8/h1-6,10,13,17H,7,16H2. The lowest BCUT2D eigenvalue weighted by Gasteiger charge is -2.20. The van der Waals surface area contributed by atoms with Crippen molar-refractivity contribution in [3.8, 4) is 0 Å². The van der Waals surface area contributed by atoms with Gasteiger partial charge in [0.05, 0.1) is 0 Å². The molecule has 0 radical (unpaired) electrons. The lowest BCUT2D eigenvalue weighted by Crippen LogP contribution is -2.20. The van der Waals surface area contributed by atoms with Crippen LogP contribution in [0.2, 0.25) is 0 Å². The van der Waals surface area contributed by atoms with Crippen molar-refractivity contribution in [1.82, 2.24) is 0 Å². The monoisotopic (exact) mass is 313 g/mol. The minimum atomic E-state index is -0.900. The lowest BCUT2D eigenvalue weighted by atomic mass is 9.92. The first-order valence-electron chi connectivity index (χ1n) is 5.50. The van der Waals surface area contributed by atoms with Crippen molar-refractivity contribution < 1.29 is 13.9 Å². The number of rotatable bonds is 4. The molecule has 3 nitrogen and oxygen atoms in total. The summed E-state index contributed by atoms with van der Waals surface area (Å²) >= 11 is 3.17. The lowest BCUT2D eigenvalue weighted by molar-refractivity contribution is 0.120. The summed E-state index contributed by atoms with van der Waals surface area (Å²) in [6.07, 6.45) is -0.900. The third-order valence-corrected chi connectivity index (χ3v) is 3.22. The summed E-state index contributed by atoms with van der Waals surface area (Å²) < 4.78 is 19.0. The number of hydrogen-bond acceptors (Lipinski definition) is 3. The van der Waals surface area contributed by atoms with Crippen LogP contribution in [0.3, 0.4) is 0 Å². The molecule has 0 fully saturated rings. The second-order valence-electron chi connectivity index (χ2n) is 3.98. The van der Waals surface area contributed by atoms with Crippen LogP contribution in [0.25, 0.3) is 0 Å². The van der Waals surface area contributed by atoms with Gasteiger partial charge in [-0.1, -0.05) is 12.1 Å². The fourth-order valence-electron chi connectivity index (χ4n) is 1.87. The Morgan fingerprint density at radius 1 is 1.33 bits per heavy atom. The Balaban J connectivity index is 2.28. The highest BCUT2D eigenvalue weighted by Crippen LogP contribution is 2.32. The molecular formula is C13H13BrFNO2. The molecule has 1 aromatic carbocycles. The highest BCUT2D eigenvalue weighted by atomic mass is 79.9. The van der Waals surface area contributed by atoms with E-state index in [1.165, 1.54) is 12.1 Å². The summed E-state index contributed by atoms with van der Waals surface area (Å²) in [5.74, 6) is -0.348. The number of benzene rings is 1. The van der Waals surface area contributed by atoms with Crippen molar-refractivity contribution in [2.45, 2.75) is 12.0 Å². The van der Waals surface area contributed by atoms with Gasteiger partial charge >= 0.3 is 0 Å². The molecule has 2 aromatic rings. The van der Waals surface area contributed by atoms with Gasteiger partial charge in [-0.05, 0) is 45.8 Å². The van der Waals surface area contributed by atoms with Crippen LogP contribution in [0.1, 0.15) is 23.3 Å². The van der Waals surface area contributed by atoms with Crippen molar-refractivity contribution in [1.29, 1.82) is 0 Å². The van der Waals surface area contributed by atoms with E-state index in [-0.39, 0.29) is 12.4 Å². The third-order valence-electron chi connectivity index (χ3n) is 2.80. The Morgan fingerprint density at radius 3 is 2.67 bits per heavy atom. The van der Waals surface area contributed by atoms with E-state index < -0.39 is 12.0 Å². The van der Waals surface area contributed by atoms with Crippen molar-refractivity contribution >= 4 is 15.9 Å². The van der Waals surface area contributed by atoms with Gasteiger partial charge in [-0.25, -0.2) is 4.39 Å². The maximum Gasteiger partial charge on any atom is 0.169 e. The molecular weight excluding hydrogens is 301 g/mol. The van der Waals surface area contributed by atoms with E-state index in [9.17, 15) is 9.50 Å². The molecule has 2 atom stereocenters. The zero-order valence-electron chi connectivity index (χ0n) is 9.51. The first-order chi connectivity index (χ1) is 8.61. The molecule has 3 N–H and O–H groups in total. The molecule has 1 aromatic heterocycles. The molecule has 0 saturated carbocycles. The molecule has 0 bridgehead atoms. The van der Waals surface area contributed by atoms with E-state index in [1.54, 1.807) is 24.3 Å². The fraction of sp³-hybridized carbons (Fsp3) is 0.231. The van der Waals surface area contributed by atoms with Crippen molar-refractivity contribution in [2.24, 2.45) is 5.73 Å². The summed E-state index contributed by atoms with van der Waals surface area (Å²) in [6, 6.07) is 9.42. The smallest absolute Gasteiger partial charge is 0.169 e. The van der Waals surface area contributed by atoms with Gasteiger partial charge in [-0.15, -0.1) is 0 Å². The van der Waals surface area contributed by atoms with Crippen LogP contribution in [0.15, 0.2) is 45.5 Å². The number of aliphatic hydroxyl groups excluding tert-OH is 1. The maximum absolute atomic E-state index is 13.2. The van der Waals surface area contributed by atoms with Gasteiger partial charge < -0.3 is 15.3 Å². The second-order valence-corrected chi connectivity index (χ2v) is 4.77. The Bertz CT molecular complexity index is 529. The predicted octanol–water partition coefficient (Wildman–Crippen LogP) is 2.96. The molecule has 0 spiro atoms. The van der Waals surface area contributed by atoms with E-state index >= 15 is 0 Å². The third kappa shape index (κ3) is 2.80. The van der Waals surface area contributed by atoms with Gasteiger partial charge in [-0.3, -0.25) is 0 Å². The van der Waals surface area contributed by atoms with E-state index in [0.717, 1.165) is 0 Å². The topological polar surface area (TPSA) is 59.4 Å². The molecule has 0 saturated heterocycles. The fourth-order valence-corrected chi connectivity index (χ4v) is 2.19. The van der Waals surface area contributed by atoms with Crippen LogP contribution in [-0.4, -0.2) is 11.7 Å². The Hall–Kier alpha value is -1.17. The Labute approximate surface area is 113 Å². The van der Waals surface area contributed by atoms with Crippen LogP contribution in [0, 0.1) is 5.82 Å². The molecule has 2 rings (SSSR count). The normalized spacial score (nSPS) is 14.4. The van der Waals surface area contributed by atoms with E-state index in [2.05, 4.69) is 15.9 Å². The zero-order chi connectivity index (χ0) is 13.1. The number of halogens is 2. The SMILES string of the molecule is NCC(c1cccc(F)c1)C(O)c1ccc(Br)o1. The van der Waals surface area contributed by atoms with Gasteiger partial charge in [0.25, 0.3) is 0 Å². The van der Waals surface area contributed by atoms with Crippen molar-refractivity contribution in [3.05, 3.63) is 58.2 Å². The Morgan fingerprint density at radius 2 is 2.11 bits per heavy atom. The van der Waals surface area contributed by atoms with E-state index in [0.29, 0.717) is 16.0 Å². The molecule has 0 aliphatic carbocycles. The van der Waals surface area contributed by atoms with Gasteiger partial charge in [0.1, 0.15) is 17.7 Å².